The van der Waals surface area contributed by atoms with Gasteiger partial charge >= 0.3 is 6.18 Å². The molecule has 2 heterocycles. The van der Waals surface area contributed by atoms with Crippen molar-refractivity contribution >= 4 is 11.9 Å². The second kappa shape index (κ2) is 9.10. The molecule has 4 rings (SSSR count). The zero-order chi connectivity index (χ0) is 22.7. The predicted molar refractivity (Wildman–Crippen MR) is 117 cm³/mol. The Morgan fingerprint density at radius 2 is 1.56 bits per heavy atom. The molecule has 0 radical (unpaired) electrons. The number of hydrogen-bond acceptors (Lipinski definition) is 6. The van der Waals surface area contributed by atoms with E-state index in [9.17, 15) is 13.2 Å². The SMILES string of the molecule is CC(Cc1ccccc1)Nc1nc(NC(C)C2CC2)nc(-c2cccc(C(F)(F)F)n2)n1. The summed E-state index contributed by atoms with van der Waals surface area (Å²) in [4.78, 5) is 16.9. The van der Waals surface area contributed by atoms with Crippen molar-refractivity contribution in [3.63, 3.8) is 0 Å². The summed E-state index contributed by atoms with van der Waals surface area (Å²) in [6.45, 7) is 4.05. The number of rotatable bonds is 8. The standard InChI is InChI=1S/C23H25F3N6/c1-14(13-16-7-4-3-5-8-16)27-21-30-20(18-9-6-10-19(29-18)23(24,25)26)31-22(32-21)28-15(2)17-11-12-17/h3-10,14-15,17H,11-13H2,1-2H3,(H2,27,28,30,31,32). The number of anilines is 2. The molecule has 2 atom stereocenters. The minimum absolute atomic E-state index is 0.00387. The number of nitrogens with zero attached hydrogens (tertiary/aromatic N) is 4. The summed E-state index contributed by atoms with van der Waals surface area (Å²) < 4.78 is 39.4. The third-order valence-electron chi connectivity index (χ3n) is 5.35. The molecular weight excluding hydrogens is 417 g/mol. The second-order valence-corrected chi connectivity index (χ2v) is 8.22. The fourth-order valence-electron chi connectivity index (χ4n) is 3.49. The van der Waals surface area contributed by atoms with Crippen molar-refractivity contribution in [2.75, 3.05) is 10.6 Å². The van der Waals surface area contributed by atoms with Crippen LogP contribution in [-0.2, 0) is 12.6 Å². The van der Waals surface area contributed by atoms with Gasteiger partial charge in [-0.05, 0) is 56.7 Å². The van der Waals surface area contributed by atoms with Crippen LogP contribution in [0.3, 0.4) is 0 Å². The van der Waals surface area contributed by atoms with E-state index in [2.05, 4.69) is 37.5 Å². The molecule has 0 spiro atoms. The molecule has 1 saturated carbocycles. The van der Waals surface area contributed by atoms with Crippen LogP contribution < -0.4 is 10.6 Å². The monoisotopic (exact) mass is 442 g/mol. The lowest BCUT2D eigenvalue weighted by atomic mass is 10.1. The van der Waals surface area contributed by atoms with Gasteiger partial charge in [-0.15, -0.1) is 0 Å². The molecule has 2 aromatic heterocycles. The topological polar surface area (TPSA) is 75.6 Å². The summed E-state index contributed by atoms with van der Waals surface area (Å²) in [5, 5.41) is 6.52. The average molecular weight is 442 g/mol. The fraction of sp³-hybridized carbons (Fsp3) is 0.391. The third-order valence-corrected chi connectivity index (χ3v) is 5.35. The van der Waals surface area contributed by atoms with Crippen LogP contribution in [0.25, 0.3) is 11.5 Å². The maximum atomic E-state index is 13.1. The minimum atomic E-state index is -4.55. The smallest absolute Gasteiger partial charge is 0.351 e. The summed E-state index contributed by atoms with van der Waals surface area (Å²) in [5.74, 6) is 1.26. The molecule has 0 aliphatic heterocycles. The van der Waals surface area contributed by atoms with Gasteiger partial charge in [-0.3, -0.25) is 0 Å². The van der Waals surface area contributed by atoms with E-state index in [0.717, 1.165) is 30.9 Å². The highest BCUT2D eigenvalue weighted by atomic mass is 19.4. The molecule has 168 valence electrons. The Balaban J connectivity index is 1.62. The summed E-state index contributed by atoms with van der Waals surface area (Å²) in [6.07, 6.45) is -1.53. The minimum Gasteiger partial charge on any atom is -0.351 e. The summed E-state index contributed by atoms with van der Waals surface area (Å²) in [6, 6.07) is 13.8. The first-order chi connectivity index (χ1) is 15.3. The van der Waals surface area contributed by atoms with Crippen molar-refractivity contribution in [3.8, 4) is 11.5 Å². The molecule has 32 heavy (non-hydrogen) atoms. The largest absolute Gasteiger partial charge is 0.433 e. The van der Waals surface area contributed by atoms with E-state index in [4.69, 9.17) is 0 Å². The normalized spacial score (nSPS) is 15.8. The van der Waals surface area contributed by atoms with Crippen LogP contribution >= 0.6 is 0 Å². The Hall–Kier alpha value is -3.23. The molecule has 0 saturated heterocycles. The van der Waals surface area contributed by atoms with E-state index < -0.39 is 11.9 Å². The third kappa shape index (κ3) is 5.72. The van der Waals surface area contributed by atoms with Crippen molar-refractivity contribution in [3.05, 3.63) is 59.8 Å². The molecule has 1 aliphatic carbocycles. The average Bonchev–Trinajstić information content (AvgIpc) is 3.59. The lowest BCUT2D eigenvalue weighted by Crippen LogP contribution is -2.23. The fourth-order valence-corrected chi connectivity index (χ4v) is 3.49. The first kappa shape index (κ1) is 22.0. The van der Waals surface area contributed by atoms with Gasteiger partial charge in [0.25, 0.3) is 0 Å². The number of benzene rings is 1. The van der Waals surface area contributed by atoms with Crippen LogP contribution in [0.1, 0.15) is 37.9 Å². The lowest BCUT2D eigenvalue weighted by Gasteiger charge is -2.17. The molecule has 9 heteroatoms. The van der Waals surface area contributed by atoms with Crippen LogP contribution in [0.2, 0.25) is 0 Å². The molecule has 1 aliphatic rings. The lowest BCUT2D eigenvalue weighted by molar-refractivity contribution is -0.141. The van der Waals surface area contributed by atoms with Gasteiger partial charge < -0.3 is 10.6 Å². The van der Waals surface area contributed by atoms with E-state index in [1.807, 2.05) is 37.3 Å². The van der Waals surface area contributed by atoms with E-state index in [0.29, 0.717) is 17.8 Å². The van der Waals surface area contributed by atoms with Gasteiger partial charge in [0.15, 0.2) is 5.82 Å². The molecule has 0 amide bonds. The van der Waals surface area contributed by atoms with Gasteiger partial charge in [0.2, 0.25) is 11.9 Å². The Bertz CT molecular complexity index is 1050. The molecule has 0 bridgehead atoms. The van der Waals surface area contributed by atoms with Crippen molar-refractivity contribution in [2.24, 2.45) is 5.92 Å². The van der Waals surface area contributed by atoms with Crippen molar-refractivity contribution < 1.29 is 13.2 Å². The number of halogens is 3. The van der Waals surface area contributed by atoms with Gasteiger partial charge in [0.05, 0.1) is 0 Å². The van der Waals surface area contributed by atoms with Crippen molar-refractivity contribution in [1.29, 1.82) is 0 Å². The first-order valence-corrected chi connectivity index (χ1v) is 10.7. The van der Waals surface area contributed by atoms with Gasteiger partial charge in [0, 0.05) is 12.1 Å². The summed E-state index contributed by atoms with van der Waals surface area (Å²) in [5.41, 5.74) is 0.216. The molecule has 1 fully saturated rings. The number of alkyl halides is 3. The van der Waals surface area contributed by atoms with E-state index in [1.54, 1.807) is 0 Å². The van der Waals surface area contributed by atoms with Crippen molar-refractivity contribution in [2.45, 2.75) is 51.4 Å². The highest BCUT2D eigenvalue weighted by Gasteiger charge is 2.33. The van der Waals surface area contributed by atoms with Crippen LogP contribution in [0.4, 0.5) is 25.1 Å². The Morgan fingerprint density at radius 1 is 0.875 bits per heavy atom. The van der Waals surface area contributed by atoms with Crippen LogP contribution in [0.15, 0.2) is 48.5 Å². The van der Waals surface area contributed by atoms with E-state index >= 15 is 0 Å². The molecule has 2 unspecified atom stereocenters. The van der Waals surface area contributed by atoms with Crippen LogP contribution in [0.5, 0.6) is 0 Å². The van der Waals surface area contributed by atoms with Gasteiger partial charge in [0.1, 0.15) is 11.4 Å². The maximum absolute atomic E-state index is 13.1. The highest BCUT2D eigenvalue weighted by molar-refractivity contribution is 5.54. The Kier molecular flexibility index (Phi) is 6.25. The van der Waals surface area contributed by atoms with E-state index in [-0.39, 0.29) is 23.6 Å². The van der Waals surface area contributed by atoms with Crippen molar-refractivity contribution in [1.82, 2.24) is 19.9 Å². The molecular formula is C23H25F3N6. The Morgan fingerprint density at radius 3 is 2.22 bits per heavy atom. The zero-order valence-corrected chi connectivity index (χ0v) is 17.9. The number of aromatic nitrogens is 4. The maximum Gasteiger partial charge on any atom is 0.433 e. The zero-order valence-electron chi connectivity index (χ0n) is 17.9. The second-order valence-electron chi connectivity index (χ2n) is 8.22. The number of hydrogen-bond donors (Lipinski definition) is 2. The van der Waals surface area contributed by atoms with Gasteiger partial charge in [-0.2, -0.15) is 28.1 Å². The number of pyridine rings is 1. The molecule has 1 aromatic carbocycles. The molecule has 2 N–H and O–H groups in total. The summed E-state index contributed by atoms with van der Waals surface area (Å²) >= 11 is 0. The van der Waals surface area contributed by atoms with Crippen LogP contribution in [0, 0.1) is 5.92 Å². The quantitative estimate of drug-likeness (QED) is 0.499. The highest BCUT2D eigenvalue weighted by Crippen LogP contribution is 2.34. The number of nitrogens with one attached hydrogen (secondary N) is 2. The van der Waals surface area contributed by atoms with E-state index in [1.165, 1.54) is 12.1 Å². The van der Waals surface area contributed by atoms with Gasteiger partial charge in [-0.1, -0.05) is 36.4 Å². The molecule has 3 aromatic rings. The Labute approximate surface area is 184 Å². The van der Waals surface area contributed by atoms with Crippen LogP contribution in [-0.4, -0.2) is 32.0 Å². The first-order valence-electron chi connectivity index (χ1n) is 10.7. The molecule has 6 nitrogen and oxygen atoms in total. The van der Waals surface area contributed by atoms with Gasteiger partial charge in [-0.25, -0.2) is 4.98 Å². The summed E-state index contributed by atoms with van der Waals surface area (Å²) in [7, 11) is 0. The predicted octanol–water partition coefficient (Wildman–Crippen LogP) is 5.21.